The van der Waals surface area contributed by atoms with E-state index in [1.165, 1.54) is 43.4 Å². The molecule has 116 valence electrons. The van der Waals surface area contributed by atoms with Gasteiger partial charge in [0.1, 0.15) is 0 Å². The van der Waals surface area contributed by atoms with Crippen LogP contribution in [-0.2, 0) is 12.0 Å². The molecule has 3 rings (SSSR count). The number of fused-ring (bicyclic) bond motifs is 1. The fraction of sp³-hybridized carbons (Fsp3) is 0.684. The van der Waals surface area contributed by atoms with Crippen LogP contribution in [0.4, 0.5) is 0 Å². The third-order valence-corrected chi connectivity index (χ3v) is 6.04. The monoisotopic (exact) mass is 286 g/mol. The summed E-state index contributed by atoms with van der Waals surface area (Å²) in [6.07, 6.45) is 5.04. The van der Waals surface area contributed by atoms with E-state index in [2.05, 4.69) is 49.9 Å². The van der Waals surface area contributed by atoms with Crippen molar-refractivity contribution in [2.24, 2.45) is 17.6 Å². The zero-order valence-corrected chi connectivity index (χ0v) is 13.8. The number of likely N-dealkylation sites (tertiary alicyclic amines) is 1. The maximum absolute atomic E-state index is 6.40. The molecule has 21 heavy (non-hydrogen) atoms. The standard InChI is InChI=1S/C19H30N2/c1-14-11-15(2)16(3)21(12-14)19(13-20)10-6-8-17-7-4-5-9-18(17)19/h4-5,7,9,14-16H,6,8,10-13,20H2,1-3H3. The molecule has 0 bridgehead atoms. The number of hydrogen-bond donors (Lipinski definition) is 1. The first kappa shape index (κ1) is 15.1. The van der Waals surface area contributed by atoms with Crippen molar-refractivity contribution in [3.63, 3.8) is 0 Å². The predicted molar refractivity (Wildman–Crippen MR) is 89.2 cm³/mol. The lowest BCUT2D eigenvalue weighted by Crippen LogP contribution is -2.60. The number of nitrogens with two attached hydrogens (primary N) is 1. The fourth-order valence-electron chi connectivity index (χ4n) is 4.81. The average Bonchev–Trinajstić information content (AvgIpc) is 2.50. The Bertz CT molecular complexity index is 498. The summed E-state index contributed by atoms with van der Waals surface area (Å²) >= 11 is 0. The normalized spacial score (nSPS) is 37.2. The van der Waals surface area contributed by atoms with E-state index < -0.39 is 0 Å². The van der Waals surface area contributed by atoms with Crippen LogP contribution in [0.3, 0.4) is 0 Å². The maximum Gasteiger partial charge on any atom is 0.0589 e. The lowest BCUT2D eigenvalue weighted by atomic mass is 9.72. The summed E-state index contributed by atoms with van der Waals surface area (Å²) in [5, 5.41) is 0. The summed E-state index contributed by atoms with van der Waals surface area (Å²) in [6, 6.07) is 9.63. The molecule has 0 amide bonds. The van der Waals surface area contributed by atoms with Crippen LogP contribution in [0.1, 0.15) is 51.2 Å². The zero-order chi connectivity index (χ0) is 15.0. The van der Waals surface area contributed by atoms with Gasteiger partial charge in [0.2, 0.25) is 0 Å². The van der Waals surface area contributed by atoms with E-state index in [-0.39, 0.29) is 5.54 Å². The molecule has 0 spiro atoms. The first-order chi connectivity index (χ1) is 10.1. The van der Waals surface area contributed by atoms with Crippen LogP contribution < -0.4 is 5.73 Å². The first-order valence-electron chi connectivity index (χ1n) is 8.63. The molecule has 1 aliphatic carbocycles. The molecule has 1 fully saturated rings. The molecule has 0 aromatic heterocycles. The van der Waals surface area contributed by atoms with Gasteiger partial charge in [-0.1, -0.05) is 38.1 Å². The second kappa shape index (κ2) is 5.73. The predicted octanol–water partition coefficient (Wildman–Crippen LogP) is 3.54. The lowest BCUT2D eigenvalue weighted by molar-refractivity contribution is -0.0284. The van der Waals surface area contributed by atoms with E-state index >= 15 is 0 Å². The Hall–Kier alpha value is -0.860. The van der Waals surface area contributed by atoms with Gasteiger partial charge in [-0.2, -0.15) is 0 Å². The first-order valence-corrected chi connectivity index (χ1v) is 8.63. The minimum absolute atomic E-state index is 0.0667. The summed E-state index contributed by atoms with van der Waals surface area (Å²) in [4.78, 5) is 2.75. The molecule has 2 heteroatoms. The number of rotatable bonds is 2. The van der Waals surface area contributed by atoms with Gasteiger partial charge in [0, 0.05) is 19.1 Å². The Morgan fingerprint density at radius 2 is 2.00 bits per heavy atom. The highest BCUT2D eigenvalue weighted by Gasteiger charge is 2.45. The summed E-state index contributed by atoms with van der Waals surface area (Å²) in [7, 11) is 0. The van der Waals surface area contributed by atoms with E-state index in [9.17, 15) is 0 Å². The number of piperidine rings is 1. The van der Waals surface area contributed by atoms with Gasteiger partial charge in [-0.05, 0) is 55.6 Å². The maximum atomic E-state index is 6.40. The van der Waals surface area contributed by atoms with Crippen LogP contribution in [0.15, 0.2) is 24.3 Å². The van der Waals surface area contributed by atoms with Crippen LogP contribution in [0.25, 0.3) is 0 Å². The number of nitrogens with zero attached hydrogens (tertiary/aromatic N) is 1. The highest BCUT2D eigenvalue weighted by Crippen LogP contribution is 2.44. The van der Waals surface area contributed by atoms with Crippen molar-refractivity contribution in [1.29, 1.82) is 0 Å². The average molecular weight is 286 g/mol. The lowest BCUT2D eigenvalue weighted by Gasteiger charge is -2.54. The van der Waals surface area contributed by atoms with Gasteiger partial charge in [-0.25, -0.2) is 0 Å². The van der Waals surface area contributed by atoms with Crippen molar-refractivity contribution >= 4 is 0 Å². The smallest absolute Gasteiger partial charge is 0.0589 e. The quantitative estimate of drug-likeness (QED) is 0.901. The molecule has 2 aliphatic rings. The van der Waals surface area contributed by atoms with Gasteiger partial charge < -0.3 is 5.73 Å². The van der Waals surface area contributed by atoms with Crippen molar-refractivity contribution in [1.82, 2.24) is 4.90 Å². The van der Waals surface area contributed by atoms with Crippen LogP contribution in [-0.4, -0.2) is 24.0 Å². The van der Waals surface area contributed by atoms with E-state index in [0.717, 1.165) is 18.4 Å². The van der Waals surface area contributed by atoms with Crippen LogP contribution in [0, 0.1) is 11.8 Å². The number of hydrogen-bond acceptors (Lipinski definition) is 2. The fourth-order valence-corrected chi connectivity index (χ4v) is 4.81. The summed E-state index contributed by atoms with van der Waals surface area (Å²) < 4.78 is 0. The Labute approximate surface area is 129 Å². The molecule has 1 aliphatic heterocycles. The topological polar surface area (TPSA) is 29.3 Å². The highest BCUT2D eigenvalue weighted by atomic mass is 15.2. The van der Waals surface area contributed by atoms with Gasteiger partial charge in [0.25, 0.3) is 0 Å². The van der Waals surface area contributed by atoms with E-state index in [1.807, 2.05) is 0 Å². The van der Waals surface area contributed by atoms with Gasteiger partial charge in [-0.15, -0.1) is 0 Å². The van der Waals surface area contributed by atoms with Crippen LogP contribution in [0.2, 0.25) is 0 Å². The van der Waals surface area contributed by atoms with Crippen molar-refractivity contribution < 1.29 is 0 Å². The van der Waals surface area contributed by atoms with Crippen molar-refractivity contribution in [2.75, 3.05) is 13.1 Å². The van der Waals surface area contributed by atoms with E-state index in [0.29, 0.717) is 6.04 Å². The molecule has 4 unspecified atom stereocenters. The molecule has 2 nitrogen and oxygen atoms in total. The molecular formula is C19H30N2. The van der Waals surface area contributed by atoms with E-state index in [4.69, 9.17) is 5.73 Å². The van der Waals surface area contributed by atoms with Crippen molar-refractivity contribution in [3.05, 3.63) is 35.4 Å². The molecular weight excluding hydrogens is 256 g/mol. The highest BCUT2D eigenvalue weighted by molar-refractivity contribution is 5.37. The third kappa shape index (κ3) is 2.43. The Balaban J connectivity index is 2.05. The Kier molecular flexibility index (Phi) is 4.11. The number of benzene rings is 1. The molecule has 2 N–H and O–H groups in total. The summed E-state index contributed by atoms with van der Waals surface area (Å²) in [5.74, 6) is 1.53. The van der Waals surface area contributed by atoms with Crippen molar-refractivity contribution in [3.8, 4) is 0 Å². The molecule has 1 heterocycles. The molecule has 4 atom stereocenters. The molecule has 1 aromatic carbocycles. The van der Waals surface area contributed by atoms with E-state index in [1.54, 1.807) is 0 Å². The van der Waals surface area contributed by atoms with Crippen LogP contribution >= 0.6 is 0 Å². The SMILES string of the molecule is CC1CC(C)C(C)N(C2(CN)CCCc3ccccc32)C1. The second-order valence-corrected chi connectivity index (χ2v) is 7.46. The number of aryl methyl sites for hydroxylation is 1. The van der Waals surface area contributed by atoms with Gasteiger partial charge in [0.05, 0.1) is 5.54 Å². The second-order valence-electron chi connectivity index (χ2n) is 7.46. The summed E-state index contributed by atoms with van der Waals surface area (Å²) in [6.45, 7) is 9.15. The minimum atomic E-state index is 0.0667. The summed E-state index contributed by atoms with van der Waals surface area (Å²) in [5.41, 5.74) is 9.49. The molecule has 1 aromatic rings. The largest absolute Gasteiger partial charge is 0.328 e. The van der Waals surface area contributed by atoms with Crippen molar-refractivity contribution in [2.45, 2.75) is 58.0 Å². The zero-order valence-electron chi connectivity index (χ0n) is 13.8. The van der Waals surface area contributed by atoms with Gasteiger partial charge >= 0.3 is 0 Å². The van der Waals surface area contributed by atoms with Crippen LogP contribution in [0.5, 0.6) is 0 Å². The van der Waals surface area contributed by atoms with Gasteiger partial charge in [-0.3, -0.25) is 4.90 Å². The minimum Gasteiger partial charge on any atom is -0.328 e. The third-order valence-electron chi connectivity index (χ3n) is 6.04. The molecule has 0 radical (unpaired) electrons. The molecule has 1 saturated heterocycles. The Morgan fingerprint density at radius 1 is 1.24 bits per heavy atom. The molecule has 0 saturated carbocycles. The van der Waals surface area contributed by atoms with Gasteiger partial charge in [0.15, 0.2) is 0 Å². The Morgan fingerprint density at radius 3 is 2.76 bits per heavy atom.